The Labute approximate surface area is 124 Å². The molecule has 2 aliphatic rings. The third kappa shape index (κ3) is 2.56. The summed E-state index contributed by atoms with van der Waals surface area (Å²) in [6.07, 6.45) is 8.94. The van der Waals surface area contributed by atoms with E-state index in [4.69, 9.17) is 11.6 Å². The minimum absolute atomic E-state index is 0.454. The summed E-state index contributed by atoms with van der Waals surface area (Å²) in [7, 11) is 0. The van der Waals surface area contributed by atoms with Crippen LogP contribution in [0.1, 0.15) is 6.92 Å². The number of benzene rings is 1. The number of nitrogens with zero attached hydrogens (tertiary/aromatic N) is 1. The highest BCUT2D eigenvalue weighted by Crippen LogP contribution is 2.43. The van der Waals surface area contributed by atoms with Crippen molar-refractivity contribution >= 4 is 29.1 Å². The Morgan fingerprint density at radius 2 is 2.05 bits per heavy atom. The number of halogens is 1. The molecular weight excluding hydrogens is 274 g/mol. The van der Waals surface area contributed by atoms with Crippen LogP contribution in [-0.2, 0) is 0 Å². The minimum atomic E-state index is 0.454. The second kappa shape index (κ2) is 5.64. The first-order valence-corrected chi connectivity index (χ1v) is 8.14. The predicted octanol–water partition coefficient (Wildman–Crippen LogP) is 4.34. The quantitative estimate of drug-likeness (QED) is 0.762. The predicted molar refractivity (Wildman–Crippen MR) is 85.4 cm³/mol. The Morgan fingerprint density at radius 1 is 1.26 bits per heavy atom. The lowest BCUT2D eigenvalue weighted by atomic mass is 10.0. The van der Waals surface area contributed by atoms with E-state index in [1.54, 1.807) is 0 Å². The summed E-state index contributed by atoms with van der Waals surface area (Å²) in [4.78, 5) is 3.90. The van der Waals surface area contributed by atoms with Gasteiger partial charge < -0.3 is 4.90 Å². The summed E-state index contributed by atoms with van der Waals surface area (Å²) < 4.78 is 0. The van der Waals surface area contributed by atoms with Gasteiger partial charge in [-0.15, -0.1) is 23.4 Å². The highest BCUT2D eigenvalue weighted by molar-refractivity contribution is 8.00. The van der Waals surface area contributed by atoms with E-state index in [1.165, 1.54) is 10.6 Å². The number of thioether (sulfide) groups is 1. The highest BCUT2D eigenvalue weighted by atomic mass is 35.5. The number of hydrogen-bond acceptors (Lipinski definition) is 2. The van der Waals surface area contributed by atoms with Crippen LogP contribution in [-0.4, -0.2) is 23.7 Å². The molecule has 0 radical (unpaired) electrons. The molecule has 3 atom stereocenters. The van der Waals surface area contributed by atoms with Crippen LogP contribution in [0, 0.1) is 5.92 Å². The van der Waals surface area contributed by atoms with E-state index in [0.717, 1.165) is 6.54 Å². The van der Waals surface area contributed by atoms with Gasteiger partial charge in [-0.2, -0.15) is 0 Å². The molecule has 3 rings (SSSR count). The monoisotopic (exact) mass is 291 g/mol. The first-order chi connectivity index (χ1) is 9.29. The van der Waals surface area contributed by atoms with Crippen molar-refractivity contribution in [3.05, 3.63) is 48.6 Å². The number of alkyl halides is 1. The molecule has 2 unspecified atom stereocenters. The smallest absolute Gasteiger partial charge is 0.0634 e. The summed E-state index contributed by atoms with van der Waals surface area (Å²) in [5, 5.41) is 0.516. The van der Waals surface area contributed by atoms with Crippen LogP contribution >= 0.6 is 23.4 Å². The molecule has 1 aliphatic heterocycles. The molecule has 1 aromatic carbocycles. The fourth-order valence-electron chi connectivity index (χ4n) is 2.67. The van der Waals surface area contributed by atoms with Crippen molar-refractivity contribution in [2.75, 3.05) is 17.3 Å². The van der Waals surface area contributed by atoms with Crippen LogP contribution in [0.15, 0.2) is 53.5 Å². The van der Waals surface area contributed by atoms with Crippen molar-refractivity contribution in [3.63, 3.8) is 0 Å². The van der Waals surface area contributed by atoms with E-state index in [-0.39, 0.29) is 0 Å². The third-order valence-electron chi connectivity index (χ3n) is 3.63. The van der Waals surface area contributed by atoms with Crippen molar-refractivity contribution in [1.29, 1.82) is 0 Å². The summed E-state index contributed by atoms with van der Waals surface area (Å²) in [6.45, 7) is 3.23. The average molecular weight is 292 g/mol. The van der Waals surface area contributed by atoms with Gasteiger partial charge in [0.05, 0.1) is 17.0 Å². The van der Waals surface area contributed by atoms with E-state index in [0.29, 0.717) is 23.1 Å². The maximum Gasteiger partial charge on any atom is 0.0634 e. The van der Waals surface area contributed by atoms with Crippen molar-refractivity contribution in [2.24, 2.45) is 5.92 Å². The first kappa shape index (κ1) is 13.1. The standard InChI is InChI=1S/C16H18ClNS/c1-12(10-17)11-18-13-6-2-4-8-15(13)19-16-9-5-3-7-14(16)18/h2-9,12-13,15H,10-11H2,1H3/t12-,13?,15?/m1/s1. The largest absolute Gasteiger partial charge is 0.362 e. The maximum atomic E-state index is 6.01. The molecule has 0 amide bonds. The minimum Gasteiger partial charge on any atom is -0.362 e. The van der Waals surface area contributed by atoms with Gasteiger partial charge in [0.15, 0.2) is 0 Å². The van der Waals surface area contributed by atoms with Crippen LogP contribution < -0.4 is 4.90 Å². The number of rotatable bonds is 3. The molecule has 1 heterocycles. The normalized spacial score (nSPS) is 25.9. The second-order valence-corrected chi connectivity index (χ2v) is 6.75. The SMILES string of the molecule is C[C@H](CCl)CN1c2ccccc2SC2C=CC=CC21. The average Bonchev–Trinajstić information content (AvgIpc) is 2.46. The van der Waals surface area contributed by atoms with Crippen LogP contribution in [0.25, 0.3) is 0 Å². The van der Waals surface area contributed by atoms with E-state index in [2.05, 4.69) is 60.4 Å². The summed E-state index contributed by atoms with van der Waals surface area (Å²) in [5.41, 5.74) is 1.35. The van der Waals surface area contributed by atoms with Crippen molar-refractivity contribution < 1.29 is 0 Å². The number of para-hydroxylation sites is 1. The van der Waals surface area contributed by atoms with Crippen molar-refractivity contribution in [3.8, 4) is 0 Å². The van der Waals surface area contributed by atoms with E-state index in [9.17, 15) is 0 Å². The molecule has 0 aromatic heterocycles. The van der Waals surface area contributed by atoms with E-state index in [1.807, 2.05) is 11.8 Å². The van der Waals surface area contributed by atoms with Crippen LogP contribution in [0.5, 0.6) is 0 Å². The Hall–Kier alpha value is -0.860. The van der Waals surface area contributed by atoms with Gasteiger partial charge in [-0.05, 0) is 18.1 Å². The summed E-state index contributed by atoms with van der Waals surface area (Å²) in [5.74, 6) is 1.21. The summed E-state index contributed by atoms with van der Waals surface area (Å²) >= 11 is 7.98. The highest BCUT2D eigenvalue weighted by Gasteiger charge is 2.33. The van der Waals surface area contributed by atoms with Gasteiger partial charge >= 0.3 is 0 Å². The Kier molecular flexibility index (Phi) is 3.90. The van der Waals surface area contributed by atoms with Gasteiger partial charge in [0.25, 0.3) is 0 Å². The zero-order valence-corrected chi connectivity index (χ0v) is 12.6. The van der Waals surface area contributed by atoms with Gasteiger partial charge in [-0.1, -0.05) is 43.4 Å². The molecular formula is C16H18ClNS. The Morgan fingerprint density at radius 3 is 2.89 bits per heavy atom. The maximum absolute atomic E-state index is 6.01. The van der Waals surface area contributed by atoms with Gasteiger partial charge in [0.1, 0.15) is 0 Å². The second-order valence-electron chi connectivity index (χ2n) is 5.22. The first-order valence-electron chi connectivity index (χ1n) is 6.73. The van der Waals surface area contributed by atoms with Gasteiger partial charge in [0.2, 0.25) is 0 Å². The van der Waals surface area contributed by atoms with Crippen LogP contribution in [0.3, 0.4) is 0 Å². The van der Waals surface area contributed by atoms with Gasteiger partial charge in [-0.25, -0.2) is 0 Å². The fraction of sp³-hybridized carbons (Fsp3) is 0.375. The molecule has 1 nitrogen and oxygen atoms in total. The van der Waals surface area contributed by atoms with E-state index >= 15 is 0 Å². The molecule has 3 heteroatoms. The molecule has 0 saturated heterocycles. The van der Waals surface area contributed by atoms with Crippen molar-refractivity contribution in [1.82, 2.24) is 0 Å². The number of allylic oxidation sites excluding steroid dienone is 2. The molecule has 0 N–H and O–H groups in total. The molecule has 0 bridgehead atoms. The topological polar surface area (TPSA) is 3.24 Å². The molecule has 1 aliphatic carbocycles. The molecule has 1 aromatic rings. The number of anilines is 1. The lowest BCUT2D eigenvalue weighted by Gasteiger charge is -2.43. The van der Waals surface area contributed by atoms with Crippen LogP contribution in [0.4, 0.5) is 5.69 Å². The molecule has 0 fully saturated rings. The third-order valence-corrected chi connectivity index (χ3v) is 5.46. The number of fused-ring (bicyclic) bond motifs is 2. The van der Waals surface area contributed by atoms with Crippen molar-refractivity contribution in [2.45, 2.75) is 23.1 Å². The van der Waals surface area contributed by atoms with E-state index < -0.39 is 0 Å². The lowest BCUT2D eigenvalue weighted by molar-refractivity contribution is 0.575. The Balaban J connectivity index is 1.97. The lowest BCUT2D eigenvalue weighted by Crippen LogP contribution is -2.46. The zero-order valence-electron chi connectivity index (χ0n) is 11.0. The fourth-order valence-corrected chi connectivity index (χ4v) is 4.07. The number of hydrogen-bond donors (Lipinski definition) is 0. The molecule has 19 heavy (non-hydrogen) atoms. The molecule has 100 valence electrons. The molecule has 0 saturated carbocycles. The zero-order chi connectivity index (χ0) is 13.2. The van der Waals surface area contributed by atoms with Gasteiger partial charge in [0, 0.05) is 17.3 Å². The summed E-state index contributed by atoms with van der Waals surface area (Å²) in [6, 6.07) is 9.15. The molecule has 0 spiro atoms. The Bertz CT molecular complexity index is 511. The van der Waals surface area contributed by atoms with Gasteiger partial charge in [-0.3, -0.25) is 0 Å². The van der Waals surface area contributed by atoms with Crippen LogP contribution in [0.2, 0.25) is 0 Å².